The van der Waals surface area contributed by atoms with Gasteiger partial charge in [-0.25, -0.2) is 0 Å². The molecular weight excluding hydrogens is 388 g/mol. The second-order valence-electron chi connectivity index (χ2n) is 7.47. The zero-order valence-electron chi connectivity index (χ0n) is 20.4. The molecule has 0 aliphatic heterocycles. The van der Waals surface area contributed by atoms with Gasteiger partial charge in [0.05, 0.1) is 77.3 Å². The zero-order chi connectivity index (χ0) is 22.5. The average Bonchev–Trinajstić information content (AvgIpc) is 2.72. The lowest BCUT2D eigenvalue weighted by Crippen LogP contribution is -2.29. The molecule has 0 rings (SSSR count). The predicted molar refractivity (Wildman–Crippen MR) is 119 cm³/mol. The molecule has 0 aliphatic rings. The first-order chi connectivity index (χ1) is 14.5. The van der Waals surface area contributed by atoms with Crippen LogP contribution in [0, 0.1) is 0 Å². The van der Waals surface area contributed by atoms with E-state index in [4.69, 9.17) is 33.2 Å². The molecule has 0 amide bonds. The second-order valence-corrected chi connectivity index (χ2v) is 7.47. The highest BCUT2D eigenvalue weighted by atomic mass is 16.6. The summed E-state index contributed by atoms with van der Waals surface area (Å²) in [6.07, 6.45) is 3.10. The molecule has 0 aromatic carbocycles. The number of rotatable bonds is 23. The van der Waals surface area contributed by atoms with Crippen molar-refractivity contribution in [3.63, 3.8) is 0 Å². The Labute approximate surface area is 185 Å². The van der Waals surface area contributed by atoms with E-state index in [1.165, 1.54) is 0 Å². The van der Waals surface area contributed by atoms with Gasteiger partial charge < -0.3 is 33.2 Å². The van der Waals surface area contributed by atoms with E-state index in [2.05, 4.69) is 13.8 Å². The summed E-state index contributed by atoms with van der Waals surface area (Å²) in [5.41, 5.74) is 0. The fraction of sp³-hybridized carbons (Fsp3) is 1.00. The van der Waals surface area contributed by atoms with Gasteiger partial charge in [0, 0.05) is 13.2 Å². The van der Waals surface area contributed by atoms with E-state index < -0.39 is 0 Å². The maximum atomic E-state index is 6.10. The molecule has 30 heavy (non-hydrogen) atoms. The van der Waals surface area contributed by atoms with Crippen molar-refractivity contribution in [2.24, 2.45) is 0 Å². The Morgan fingerprint density at radius 1 is 0.500 bits per heavy atom. The maximum absolute atomic E-state index is 6.10. The van der Waals surface area contributed by atoms with Crippen LogP contribution in [0.15, 0.2) is 0 Å². The summed E-state index contributed by atoms with van der Waals surface area (Å²) in [7, 11) is 0. The molecule has 3 atom stereocenters. The lowest BCUT2D eigenvalue weighted by Gasteiger charge is -2.26. The quantitative estimate of drug-likeness (QED) is 0.225. The van der Waals surface area contributed by atoms with Crippen molar-refractivity contribution in [1.82, 2.24) is 0 Å². The first-order valence-corrected chi connectivity index (χ1v) is 11.7. The predicted octanol–water partition coefficient (Wildman–Crippen LogP) is 3.87. The number of ether oxygens (including phenoxy) is 7. The van der Waals surface area contributed by atoms with Crippen LogP contribution >= 0.6 is 0 Å². The third kappa shape index (κ3) is 19.7. The first kappa shape index (κ1) is 29.7. The summed E-state index contributed by atoms with van der Waals surface area (Å²) < 4.78 is 39.8. The van der Waals surface area contributed by atoms with Crippen LogP contribution in [0.1, 0.15) is 60.8 Å². The molecule has 0 spiro atoms. The van der Waals surface area contributed by atoms with Crippen LogP contribution in [0.2, 0.25) is 0 Å². The molecule has 0 N–H and O–H groups in total. The van der Waals surface area contributed by atoms with Crippen molar-refractivity contribution >= 4 is 0 Å². The molecule has 0 saturated carbocycles. The van der Waals surface area contributed by atoms with Crippen LogP contribution in [0.4, 0.5) is 0 Å². The minimum Gasteiger partial charge on any atom is -0.379 e. The summed E-state index contributed by atoms with van der Waals surface area (Å²) in [5, 5.41) is 0. The van der Waals surface area contributed by atoms with Crippen molar-refractivity contribution in [2.75, 3.05) is 66.1 Å². The largest absolute Gasteiger partial charge is 0.379 e. The minimum absolute atomic E-state index is 0.0651. The lowest BCUT2D eigenvalue weighted by atomic mass is 10.0. The van der Waals surface area contributed by atoms with Gasteiger partial charge >= 0.3 is 0 Å². The van der Waals surface area contributed by atoms with Gasteiger partial charge in [0.1, 0.15) is 0 Å². The minimum atomic E-state index is 0.0651. The van der Waals surface area contributed by atoms with E-state index in [1.807, 2.05) is 27.7 Å². The SMILES string of the molecule is CCOCCOCCOC(CC)CC(CC(C)OCCOC(C)C)OCCOCC. The van der Waals surface area contributed by atoms with Crippen molar-refractivity contribution in [3.8, 4) is 0 Å². The van der Waals surface area contributed by atoms with Gasteiger partial charge in [-0.1, -0.05) is 6.92 Å². The van der Waals surface area contributed by atoms with Gasteiger partial charge in [0.2, 0.25) is 0 Å². The second kappa shape index (κ2) is 21.9. The fourth-order valence-corrected chi connectivity index (χ4v) is 2.91. The Kier molecular flexibility index (Phi) is 21.7. The average molecular weight is 437 g/mol. The van der Waals surface area contributed by atoms with Crippen molar-refractivity contribution < 1.29 is 33.2 Å². The highest BCUT2D eigenvalue weighted by molar-refractivity contribution is 4.69. The van der Waals surface area contributed by atoms with Crippen molar-refractivity contribution in [2.45, 2.75) is 85.2 Å². The third-order valence-electron chi connectivity index (χ3n) is 4.46. The van der Waals surface area contributed by atoms with Gasteiger partial charge in [0.25, 0.3) is 0 Å². The molecule has 0 radical (unpaired) electrons. The Morgan fingerprint density at radius 2 is 1.00 bits per heavy atom. The molecule has 7 heteroatoms. The van der Waals surface area contributed by atoms with E-state index in [0.29, 0.717) is 59.5 Å². The van der Waals surface area contributed by atoms with Crippen LogP contribution in [-0.2, 0) is 33.2 Å². The lowest BCUT2D eigenvalue weighted by molar-refractivity contribution is -0.0715. The van der Waals surface area contributed by atoms with Crippen LogP contribution in [0.25, 0.3) is 0 Å². The van der Waals surface area contributed by atoms with Crippen molar-refractivity contribution in [1.29, 1.82) is 0 Å². The van der Waals surface area contributed by atoms with Crippen LogP contribution in [-0.4, -0.2) is 90.5 Å². The van der Waals surface area contributed by atoms with E-state index >= 15 is 0 Å². The topological polar surface area (TPSA) is 64.6 Å². The van der Waals surface area contributed by atoms with Crippen LogP contribution in [0.5, 0.6) is 0 Å². The monoisotopic (exact) mass is 436 g/mol. The molecule has 0 bridgehead atoms. The summed E-state index contributed by atoms with van der Waals surface area (Å²) >= 11 is 0. The summed E-state index contributed by atoms with van der Waals surface area (Å²) in [4.78, 5) is 0. The molecule has 0 saturated heterocycles. The van der Waals surface area contributed by atoms with E-state index in [1.54, 1.807) is 0 Å². The standard InChI is InChI=1S/C23H48O7/c1-7-22(29-15-13-26-11-10-24-8-2)19-23(30-14-12-25-9-3)18-21(6)28-17-16-27-20(4)5/h20-23H,7-19H2,1-6H3. The highest BCUT2D eigenvalue weighted by Gasteiger charge is 2.20. The molecule has 0 aromatic rings. The summed E-state index contributed by atoms with van der Waals surface area (Å²) in [6.45, 7) is 18.5. The van der Waals surface area contributed by atoms with Crippen LogP contribution < -0.4 is 0 Å². The Hall–Kier alpha value is -0.280. The summed E-state index contributed by atoms with van der Waals surface area (Å²) in [5.74, 6) is 0. The molecule has 182 valence electrons. The zero-order valence-corrected chi connectivity index (χ0v) is 20.4. The third-order valence-corrected chi connectivity index (χ3v) is 4.46. The fourth-order valence-electron chi connectivity index (χ4n) is 2.91. The van der Waals surface area contributed by atoms with E-state index in [9.17, 15) is 0 Å². The molecule has 3 unspecified atom stereocenters. The van der Waals surface area contributed by atoms with E-state index in [-0.39, 0.29) is 24.4 Å². The molecule has 0 heterocycles. The Morgan fingerprint density at radius 3 is 1.60 bits per heavy atom. The van der Waals surface area contributed by atoms with Gasteiger partial charge in [0.15, 0.2) is 0 Å². The van der Waals surface area contributed by atoms with Crippen molar-refractivity contribution in [3.05, 3.63) is 0 Å². The number of hydrogen-bond acceptors (Lipinski definition) is 7. The normalized spacial score (nSPS) is 14.9. The smallest absolute Gasteiger partial charge is 0.0704 e. The van der Waals surface area contributed by atoms with Gasteiger partial charge in [-0.05, 0) is 53.9 Å². The molecule has 7 nitrogen and oxygen atoms in total. The van der Waals surface area contributed by atoms with Gasteiger partial charge in [-0.3, -0.25) is 0 Å². The van der Waals surface area contributed by atoms with E-state index in [0.717, 1.165) is 25.9 Å². The molecule has 0 aliphatic carbocycles. The highest BCUT2D eigenvalue weighted by Crippen LogP contribution is 2.16. The Bertz CT molecular complexity index is 342. The maximum Gasteiger partial charge on any atom is 0.0704 e. The van der Waals surface area contributed by atoms with Gasteiger partial charge in [-0.2, -0.15) is 0 Å². The summed E-state index contributed by atoms with van der Waals surface area (Å²) in [6, 6.07) is 0. The number of hydrogen-bond donors (Lipinski definition) is 0. The molecular formula is C23H48O7. The first-order valence-electron chi connectivity index (χ1n) is 11.7. The Balaban J connectivity index is 4.29. The van der Waals surface area contributed by atoms with Gasteiger partial charge in [-0.15, -0.1) is 0 Å². The molecule has 0 fully saturated rings. The van der Waals surface area contributed by atoms with Crippen LogP contribution in [0.3, 0.4) is 0 Å². The molecule has 0 aromatic heterocycles.